The predicted molar refractivity (Wildman–Crippen MR) is 96.0 cm³/mol. The van der Waals surface area contributed by atoms with Gasteiger partial charge in [-0.2, -0.15) is 0 Å². The Bertz CT molecular complexity index is 569. The molecule has 1 fully saturated rings. The van der Waals surface area contributed by atoms with Crippen molar-refractivity contribution >= 4 is 11.9 Å². The zero-order chi connectivity index (χ0) is 18.2. The fourth-order valence-corrected chi connectivity index (χ4v) is 3.12. The van der Waals surface area contributed by atoms with Crippen LogP contribution in [0.25, 0.3) is 0 Å². The van der Waals surface area contributed by atoms with Crippen LogP contribution in [0.15, 0.2) is 24.3 Å². The van der Waals surface area contributed by atoms with Crippen molar-refractivity contribution in [2.24, 2.45) is 0 Å². The van der Waals surface area contributed by atoms with Gasteiger partial charge in [-0.05, 0) is 56.6 Å². The smallest absolute Gasteiger partial charge is 0.326 e. The molecule has 6 nitrogen and oxygen atoms in total. The topological polar surface area (TPSA) is 70.1 Å². The molecule has 0 saturated carbocycles. The Morgan fingerprint density at radius 2 is 1.88 bits per heavy atom. The molecular weight excluding hydrogens is 320 g/mol. The fraction of sp³-hybridized carbons (Fsp3) is 0.579. The second kappa shape index (κ2) is 9.42. The number of aliphatic carboxylic acids is 1. The van der Waals surface area contributed by atoms with E-state index in [0.717, 1.165) is 38.2 Å². The number of hydrogen-bond donors (Lipinski definition) is 1. The number of ether oxygens (including phenoxy) is 1. The molecule has 1 aromatic carbocycles. The number of likely N-dealkylation sites (tertiary alicyclic amines) is 1. The largest absolute Gasteiger partial charge is 0.492 e. The second-order valence-electron chi connectivity index (χ2n) is 6.25. The van der Waals surface area contributed by atoms with Gasteiger partial charge in [-0.15, -0.1) is 0 Å². The molecular formula is C19H28N2O4. The van der Waals surface area contributed by atoms with E-state index >= 15 is 0 Å². The molecule has 1 saturated heterocycles. The molecule has 1 heterocycles. The van der Waals surface area contributed by atoms with Gasteiger partial charge in [-0.3, -0.25) is 4.79 Å². The summed E-state index contributed by atoms with van der Waals surface area (Å²) in [6, 6.07) is 6.25. The van der Waals surface area contributed by atoms with E-state index in [1.54, 1.807) is 24.3 Å². The highest BCUT2D eigenvalue weighted by molar-refractivity contribution is 5.96. The van der Waals surface area contributed by atoms with Crippen molar-refractivity contribution < 1.29 is 19.4 Å². The van der Waals surface area contributed by atoms with Crippen LogP contribution in [0.3, 0.4) is 0 Å². The van der Waals surface area contributed by atoms with Gasteiger partial charge in [0.25, 0.3) is 5.91 Å². The first kappa shape index (κ1) is 19.2. The maximum atomic E-state index is 12.6. The molecule has 138 valence electrons. The maximum absolute atomic E-state index is 12.6. The summed E-state index contributed by atoms with van der Waals surface area (Å²) in [6.07, 6.45) is 2.22. The summed E-state index contributed by atoms with van der Waals surface area (Å²) in [5.74, 6) is -0.427. The molecule has 25 heavy (non-hydrogen) atoms. The molecule has 0 bridgehead atoms. The maximum Gasteiger partial charge on any atom is 0.326 e. The van der Waals surface area contributed by atoms with Gasteiger partial charge in [0, 0.05) is 18.7 Å². The number of carbonyl (C=O) groups excluding carboxylic acids is 1. The summed E-state index contributed by atoms with van der Waals surface area (Å²) in [5.41, 5.74) is 0.504. The number of amides is 1. The molecule has 1 aliphatic heterocycles. The second-order valence-corrected chi connectivity index (χ2v) is 6.25. The Morgan fingerprint density at radius 1 is 1.20 bits per heavy atom. The van der Waals surface area contributed by atoms with Crippen molar-refractivity contribution in [3.05, 3.63) is 29.8 Å². The van der Waals surface area contributed by atoms with Crippen LogP contribution in [0.1, 0.15) is 43.5 Å². The van der Waals surface area contributed by atoms with Gasteiger partial charge in [0.1, 0.15) is 18.4 Å². The Kier molecular flexibility index (Phi) is 7.25. The summed E-state index contributed by atoms with van der Waals surface area (Å²) in [5, 5.41) is 9.31. The lowest BCUT2D eigenvalue weighted by Gasteiger charge is -2.33. The third-order valence-electron chi connectivity index (χ3n) is 4.72. The molecule has 1 atom stereocenters. The molecule has 0 aromatic heterocycles. The van der Waals surface area contributed by atoms with E-state index in [0.29, 0.717) is 25.1 Å². The molecule has 1 aromatic rings. The average molecular weight is 348 g/mol. The lowest BCUT2D eigenvalue weighted by Crippen LogP contribution is -2.47. The van der Waals surface area contributed by atoms with Crippen LogP contribution in [0.2, 0.25) is 0 Å². The zero-order valence-electron chi connectivity index (χ0n) is 15.1. The quantitative estimate of drug-likeness (QED) is 0.781. The van der Waals surface area contributed by atoms with Crippen LogP contribution >= 0.6 is 0 Å². The van der Waals surface area contributed by atoms with Gasteiger partial charge >= 0.3 is 5.97 Å². The van der Waals surface area contributed by atoms with Gasteiger partial charge in [0.15, 0.2) is 0 Å². The molecule has 1 aliphatic rings. The summed E-state index contributed by atoms with van der Waals surface area (Å²) >= 11 is 0. The first-order valence-electron chi connectivity index (χ1n) is 9.05. The number of rotatable bonds is 8. The Hall–Kier alpha value is -2.08. The highest BCUT2D eigenvalue weighted by Crippen LogP contribution is 2.21. The molecule has 6 heteroatoms. The molecule has 1 N–H and O–H groups in total. The van der Waals surface area contributed by atoms with Crippen molar-refractivity contribution in [2.45, 2.75) is 39.2 Å². The number of benzene rings is 1. The normalized spacial score (nSPS) is 17.6. The minimum Gasteiger partial charge on any atom is -0.492 e. The van der Waals surface area contributed by atoms with E-state index in [1.165, 1.54) is 4.90 Å². The van der Waals surface area contributed by atoms with Crippen LogP contribution in [-0.2, 0) is 4.79 Å². The minimum atomic E-state index is -0.926. The highest BCUT2D eigenvalue weighted by Gasteiger charge is 2.32. The van der Waals surface area contributed by atoms with E-state index in [4.69, 9.17) is 4.74 Å². The number of nitrogens with zero attached hydrogens (tertiary/aromatic N) is 2. The third kappa shape index (κ3) is 5.19. The van der Waals surface area contributed by atoms with Crippen molar-refractivity contribution in [3.63, 3.8) is 0 Å². The first-order valence-corrected chi connectivity index (χ1v) is 9.05. The average Bonchev–Trinajstić information content (AvgIpc) is 2.65. The van der Waals surface area contributed by atoms with Crippen molar-refractivity contribution in [1.29, 1.82) is 0 Å². The van der Waals surface area contributed by atoms with Gasteiger partial charge < -0.3 is 19.6 Å². The minimum absolute atomic E-state index is 0.221. The lowest BCUT2D eigenvalue weighted by molar-refractivity contribution is -0.143. The van der Waals surface area contributed by atoms with Crippen LogP contribution in [-0.4, -0.2) is 65.6 Å². The van der Waals surface area contributed by atoms with E-state index in [9.17, 15) is 14.7 Å². The molecule has 0 aliphatic carbocycles. The highest BCUT2D eigenvalue weighted by atomic mass is 16.5. The number of carboxylic acids is 1. The van der Waals surface area contributed by atoms with E-state index in [-0.39, 0.29) is 5.91 Å². The first-order chi connectivity index (χ1) is 12.1. The number of hydrogen-bond acceptors (Lipinski definition) is 4. The Labute approximate surface area is 149 Å². The van der Waals surface area contributed by atoms with Gasteiger partial charge in [-0.1, -0.05) is 13.8 Å². The number of piperidine rings is 1. The zero-order valence-corrected chi connectivity index (χ0v) is 15.1. The monoisotopic (exact) mass is 348 g/mol. The number of likely N-dealkylation sites (N-methyl/N-ethyl adjacent to an activating group) is 1. The van der Waals surface area contributed by atoms with Gasteiger partial charge in [-0.25, -0.2) is 4.79 Å². The van der Waals surface area contributed by atoms with Gasteiger partial charge in [0.2, 0.25) is 0 Å². The number of carboxylic acid groups (broad SMARTS) is 1. The van der Waals surface area contributed by atoms with E-state index in [2.05, 4.69) is 18.7 Å². The Balaban J connectivity index is 1.94. The molecule has 0 spiro atoms. The lowest BCUT2D eigenvalue weighted by atomic mass is 10.0. The van der Waals surface area contributed by atoms with Crippen LogP contribution in [0.4, 0.5) is 0 Å². The van der Waals surface area contributed by atoms with Crippen molar-refractivity contribution in [1.82, 2.24) is 9.80 Å². The molecule has 0 radical (unpaired) electrons. The van der Waals surface area contributed by atoms with Crippen LogP contribution in [0, 0.1) is 0 Å². The molecule has 1 amide bonds. The number of carbonyl (C=O) groups is 2. The standard InChI is InChI=1S/C19H28N2O4/c1-3-20(4-2)13-14-25-16-10-8-15(9-11-16)18(22)21-12-6-5-7-17(21)19(23)24/h8-11,17H,3-7,12-14H2,1-2H3,(H,23,24). The van der Waals surface area contributed by atoms with Crippen LogP contribution in [0.5, 0.6) is 5.75 Å². The fourth-order valence-electron chi connectivity index (χ4n) is 3.12. The summed E-state index contributed by atoms with van der Waals surface area (Å²) in [4.78, 5) is 27.7. The van der Waals surface area contributed by atoms with E-state index < -0.39 is 12.0 Å². The van der Waals surface area contributed by atoms with Crippen molar-refractivity contribution in [2.75, 3.05) is 32.8 Å². The molecule has 1 unspecified atom stereocenters. The predicted octanol–water partition coefficient (Wildman–Crippen LogP) is 2.49. The van der Waals surface area contributed by atoms with E-state index in [1.807, 2.05) is 0 Å². The third-order valence-corrected chi connectivity index (χ3v) is 4.72. The summed E-state index contributed by atoms with van der Waals surface area (Å²) < 4.78 is 5.72. The summed E-state index contributed by atoms with van der Waals surface area (Å²) in [6.45, 7) is 8.19. The SMILES string of the molecule is CCN(CC)CCOc1ccc(C(=O)N2CCCCC2C(=O)O)cc1. The van der Waals surface area contributed by atoms with Crippen molar-refractivity contribution in [3.8, 4) is 5.75 Å². The molecule has 2 rings (SSSR count). The summed E-state index contributed by atoms with van der Waals surface area (Å²) in [7, 11) is 0. The van der Waals surface area contributed by atoms with Crippen LogP contribution < -0.4 is 4.74 Å². The Morgan fingerprint density at radius 3 is 2.48 bits per heavy atom. The van der Waals surface area contributed by atoms with Gasteiger partial charge in [0.05, 0.1) is 0 Å².